The zero-order valence-corrected chi connectivity index (χ0v) is 18.0. The van der Waals surface area contributed by atoms with Crippen molar-refractivity contribution in [3.63, 3.8) is 0 Å². The van der Waals surface area contributed by atoms with Crippen LogP contribution in [0.3, 0.4) is 0 Å². The van der Waals surface area contributed by atoms with Gasteiger partial charge in [0, 0.05) is 0 Å². The Balaban J connectivity index is 1.40. The van der Waals surface area contributed by atoms with Crippen molar-refractivity contribution in [1.82, 2.24) is 0 Å². The van der Waals surface area contributed by atoms with E-state index >= 15 is 0 Å². The van der Waals surface area contributed by atoms with Crippen LogP contribution in [0.4, 0.5) is 0 Å². The highest BCUT2D eigenvalue weighted by molar-refractivity contribution is 5.25. The van der Waals surface area contributed by atoms with Crippen LogP contribution in [-0.2, 0) is 11.3 Å². The van der Waals surface area contributed by atoms with E-state index in [-0.39, 0.29) is 0 Å². The van der Waals surface area contributed by atoms with Gasteiger partial charge in [-0.05, 0) is 99.0 Å². The van der Waals surface area contributed by atoms with Gasteiger partial charge < -0.3 is 4.74 Å². The largest absolute Gasteiger partial charge is 0.373 e. The van der Waals surface area contributed by atoms with Gasteiger partial charge in [-0.25, -0.2) is 0 Å². The van der Waals surface area contributed by atoms with Crippen molar-refractivity contribution in [2.45, 2.75) is 83.7 Å². The van der Waals surface area contributed by atoms with Gasteiger partial charge in [0.15, 0.2) is 0 Å². The maximum Gasteiger partial charge on any atom is 0.0721 e. The van der Waals surface area contributed by atoms with E-state index in [0.29, 0.717) is 0 Å². The van der Waals surface area contributed by atoms with E-state index in [1.54, 1.807) is 5.56 Å². The third-order valence-corrected chi connectivity index (χ3v) is 7.17. The minimum absolute atomic E-state index is 0.717. The van der Waals surface area contributed by atoms with Crippen LogP contribution < -0.4 is 0 Å². The average molecular weight is 381 g/mol. The van der Waals surface area contributed by atoms with Gasteiger partial charge in [-0.2, -0.15) is 0 Å². The molecule has 0 unspecified atom stereocenters. The first-order valence-electron chi connectivity index (χ1n) is 11.7. The van der Waals surface area contributed by atoms with Crippen molar-refractivity contribution >= 4 is 0 Å². The van der Waals surface area contributed by atoms with E-state index in [2.05, 4.69) is 56.0 Å². The number of benzene rings is 1. The number of rotatable bonds is 9. The summed E-state index contributed by atoms with van der Waals surface area (Å²) in [5, 5.41) is 0. The molecule has 0 aromatic heterocycles. The summed E-state index contributed by atoms with van der Waals surface area (Å²) in [6.45, 7) is 7.51. The predicted molar refractivity (Wildman–Crippen MR) is 120 cm³/mol. The molecule has 3 rings (SSSR count). The molecular formula is C27H40O. The van der Waals surface area contributed by atoms with E-state index in [4.69, 9.17) is 4.74 Å². The minimum atomic E-state index is 0.717. The Kier molecular flexibility index (Phi) is 8.86. The summed E-state index contributed by atoms with van der Waals surface area (Å²) in [6.07, 6.45) is 20.2. The maximum absolute atomic E-state index is 5.72. The number of allylic oxidation sites excluding steroid dienone is 2. The second-order valence-corrected chi connectivity index (χ2v) is 9.05. The van der Waals surface area contributed by atoms with Gasteiger partial charge in [0.1, 0.15) is 0 Å². The molecule has 0 N–H and O–H groups in total. The molecule has 1 nitrogen and oxygen atoms in total. The topological polar surface area (TPSA) is 9.23 Å². The fraction of sp³-hybridized carbons (Fsp3) is 0.630. The molecule has 0 bridgehead atoms. The Morgan fingerprint density at radius 1 is 0.893 bits per heavy atom. The lowest BCUT2D eigenvalue weighted by atomic mass is 9.68. The third kappa shape index (κ3) is 6.34. The Labute approximate surface area is 173 Å². The van der Waals surface area contributed by atoms with Crippen molar-refractivity contribution in [3.8, 4) is 0 Å². The van der Waals surface area contributed by atoms with Crippen molar-refractivity contribution < 1.29 is 4.74 Å². The molecule has 0 amide bonds. The van der Waals surface area contributed by atoms with Crippen LogP contribution in [-0.4, -0.2) is 6.61 Å². The molecule has 2 fully saturated rings. The normalized spacial score (nSPS) is 28.5. The fourth-order valence-electron chi connectivity index (χ4n) is 5.42. The molecule has 0 atom stereocenters. The fourth-order valence-corrected chi connectivity index (χ4v) is 5.42. The molecule has 1 aromatic carbocycles. The first-order chi connectivity index (χ1) is 13.8. The van der Waals surface area contributed by atoms with E-state index in [1.165, 1.54) is 63.4 Å². The first-order valence-corrected chi connectivity index (χ1v) is 11.7. The first kappa shape index (κ1) is 21.4. The molecule has 2 aliphatic rings. The second-order valence-electron chi connectivity index (χ2n) is 9.05. The summed E-state index contributed by atoms with van der Waals surface area (Å²) >= 11 is 0. The molecule has 1 aromatic rings. The number of hydrogen-bond acceptors (Lipinski definition) is 1. The molecule has 0 heterocycles. The van der Waals surface area contributed by atoms with E-state index in [9.17, 15) is 0 Å². The lowest BCUT2D eigenvalue weighted by Crippen LogP contribution is -2.25. The molecule has 28 heavy (non-hydrogen) atoms. The number of hydrogen-bond donors (Lipinski definition) is 0. The molecule has 1 heteroatoms. The lowest BCUT2D eigenvalue weighted by molar-refractivity contribution is 0.148. The van der Waals surface area contributed by atoms with Crippen molar-refractivity contribution in [1.29, 1.82) is 0 Å². The summed E-state index contributed by atoms with van der Waals surface area (Å²) < 4.78 is 5.72. The highest BCUT2D eigenvalue weighted by Crippen LogP contribution is 2.44. The molecule has 0 spiro atoms. The van der Waals surface area contributed by atoms with E-state index in [0.717, 1.165) is 43.3 Å². The quantitative estimate of drug-likeness (QED) is 0.313. The highest BCUT2D eigenvalue weighted by Gasteiger charge is 2.30. The SMILES string of the molecule is C=CCC1CCC(C2CCC(c3ccc(COC/C=C/CC)cc3)CC2)CC1. The molecule has 0 radical (unpaired) electrons. The van der Waals surface area contributed by atoms with Crippen molar-refractivity contribution in [2.24, 2.45) is 17.8 Å². The molecule has 2 aliphatic carbocycles. The summed E-state index contributed by atoms with van der Waals surface area (Å²) in [4.78, 5) is 0. The molecule has 0 aliphatic heterocycles. The zero-order chi connectivity index (χ0) is 19.6. The van der Waals surface area contributed by atoms with Crippen LogP contribution in [0.1, 0.15) is 88.2 Å². The van der Waals surface area contributed by atoms with Gasteiger partial charge in [-0.15, -0.1) is 6.58 Å². The van der Waals surface area contributed by atoms with Crippen LogP contribution in [0.15, 0.2) is 49.1 Å². The van der Waals surface area contributed by atoms with Crippen LogP contribution in [0.25, 0.3) is 0 Å². The Bertz CT molecular complexity index is 583. The van der Waals surface area contributed by atoms with Gasteiger partial charge >= 0.3 is 0 Å². The molecule has 2 saturated carbocycles. The van der Waals surface area contributed by atoms with Crippen molar-refractivity contribution in [3.05, 3.63) is 60.2 Å². The predicted octanol–water partition coefficient (Wildman–Crippen LogP) is 7.83. The standard InChI is InChI=1S/C27H40O/c1-3-5-6-20-28-21-23-10-14-25(15-11-23)27-18-16-26(17-19-27)24-12-8-22(7-4-2)9-13-24/h4-6,10-11,14-15,22,24,26-27H,2-3,7-9,12-13,16-21H2,1H3/b6-5+. The van der Waals surface area contributed by atoms with E-state index in [1.807, 2.05) is 0 Å². The van der Waals surface area contributed by atoms with Gasteiger partial charge in [0.05, 0.1) is 13.2 Å². The summed E-state index contributed by atoms with van der Waals surface area (Å²) in [6, 6.07) is 9.25. The smallest absolute Gasteiger partial charge is 0.0721 e. The third-order valence-electron chi connectivity index (χ3n) is 7.17. The van der Waals surface area contributed by atoms with Gasteiger partial charge in [0.25, 0.3) is 0 Å². The lowest BCUT2D eigenvalue weighted by Gasteiger charge is -2.38. The van der Waals surface area contributed by atoms with Gasteiger partial charge in [0.2, 0.25) is 0 Å². The van der Waals surface area contributed by atoms with Crippen molar-refractivity contribution in [2.75, 3.05) is 6.61 Å². The monoisotopic (exact) mass is 380 g/mol. The van der Waals surface area contributed by atoms with Crippen LogP contribution in [0.2, 0.25) is 0 Å². The van der Waals surface area contributed by atoms with Gasteiger partial charge in [-0.1, -0.05) is 49.4 Å². The van der Waals surface area contributed by atoms with Crippen LogP contribution >= 0.6 is 0 Å². The summed E-state index contributed by atoms with van der Waals surface area (Å²) in [5.41, 5.74) is 2.83. The molecular weight excluding hydrogens is 340 g/mol. The van der Waals surface area contributed by atoms with E-state index < -0.39 is 0 Å². The summed E-state index contributed by atoms with van der Waals surface area (Å²) in [5.74, 6) is 3.69. The second kappa shape index (κ2) is 11.6. The zero-order valence-electron chi connectivity index (χ0n) is 18.0. The number of ether oxygens (including phenoxy) is 1. The molecule has 154 valence electrons. The minimum Gasteiger partial charge on any atom is -0.373 e. The Morgan fingerprint density at radius 3 is 2.14 bits per heavy atom. The van der Waals surface area contributed by atoms with Crippen LogP contribution in [0, 0.1) is 17.8 Å². The highest BCUT2D eigenvalue weighted by atomic mass is 16.5. The molecule has 0 saturated heterocycles. The summed E-state index contributed by atoms with van der Waals surface area (Å²) in [7, 11) is 0. The Hall–Kier alpha value is -1.34. The average Bonchev–Trinajstić information content (AvgIpc) is 2.75. The Morgan fingerprint density at radius 2 is 1.54 bits per heavy atom. The van der Waals surface area contributed by atoms with Gasteiger partial charge in [-0.3, -0.25) is 0 Å². The van der Waals surface area contributed by atoms with Crippen LogP contribution in [0.5, 0.6) is 0 Å². The maximum atomic E-state index is 5.72.